The average Bonchev–Trinajstić information content (AvgIpc) is 2.55. The maximum atomic E-state index is 12.4. The number of ether oxygens (including phenoxy) is 1. The van der Waals surface area contributed by atoms with Gasteiger partial charge in [-0.25, -0.2) is 0 Å². The largest absolute Gasteiger partial charge is 0.493 e. The summed E-state index contributed by atoms with van der Waals surface area (Å²) in [5, 5.41) is 3.41. The van der Waals surface area contributed by atoms with Crippen LogP contribution in [0.4, 0.5) is 5.69 Å². The first-order chi connectivity index (χ1) is 11.1. The number of amides is 1. The molecule has 2 rings (SSSR count). The summed E-state index contributed by atoms with van der Waals surface area (Å²) >= 11 is 5.99. The first-order valence-corrected chi connectivity index (χ1v) is 8.03. The molecule has 0 heterocycles. The van der Waals surface area contributed by atoms with Gasteiger partial charge in [0.05, 0.1) is 12.2 Å². The summed E-state index contributed by atoms with van der Waals surface area (Å²) in [5.74, 6) is 0.371. The molecule has 0 radical (unpaired) electrons. The lowest BCUT2D eigenvalue weighted by molar-refractivity contribution is 0.0950. The monoisotopic (exact) mass is 368 g/mol. The Morgan fingerprint density at radius 3 is 2.58 bits per heavy atom. The number of hydrogen-bond donors (Lipinski definition) is 2. The summed E-state index contributed by atoms with van der Waals surface area (Å²) in [4.78, 5) is 12.4. The van der Waals surface area contributed by atoms with E-state index in [0.717, 1.165) is 24.1 Å². The van der Waals surface area contributed by atoms with Crippen LogP contribution in [0, 0.1) is 0 Å². The van der Waals surface area contributed by atoms with Gasteiger partial charge in [-0.3, -0.25) is 4.79 Å². The topological polar surface area (TPSA) is 64.3 Å². The van der Waals surface area contributed by atoms with Gasteiger partial charge in [-0.2, -0.15) is 0 Å². The van der Waals surface area contributed by atoms with Gasteiger partial charge < -0.3 is 15.8 Å². The summed E-state index contributed by atoms with van der Waals surface area (Å²) in [6.45, 7) is 3.11. The molecule has 4 nitrogen and oxygen atoms in total. The molecule has 6 heteroatoms. The molecule has 0 aromatic heterocycles. The highest BCUT2D eigenvalue weighted by Gasteiger charge is 2.13. The Hall–Kier alpha value is -1.91. The van der Waals surface area contributed by atoms with Crippen molar-refractivity contribution >= 4 is 35.6 Å². The van der Waals surface area contributed by atoms with Crippen molar-refractivity contribution in [1.82, 2.24) is 5.32 Å². The van der Waals surface area contributed by atoms with Crippen LogP contribution in [0.15, 0.2) is 42.5 Å². The van der Waals surface area contributed by atoms with E-state index >= 15 is 0 Å². The van der Waals surface area contributed by atoms with Gasteiger partial charge in [0.2, 0.25) is 0 Å². The fraction of sp³-hybridized carbons (Fsp3) is 0.278. The van der Waals surface area contributed by atoms with Crippen LogP contribution in [0.3, 0.4) is 0 Å². The maximum Gasteiger partial charge on any atom is 0.255 e. The molecular formula is C18H22Cl2N2O2. The third-order valence-corrected chi connectivity index (χ3v) is 3.56. The highest BCUT2D eigenvalue weighted by molar-refractivity contribution is 6.31. The van der Waals surface area contributed by atoms with E-state index < -0.39 is 0 Å². The molecule has 2 aromatic carbocycles. The molecule has 3 N–H and O–H groups in total. The quantitative estimate of drug-likeness (QED) is 0.722. The van der Waals surface area contributed by atoms with E-state index in [4.69, 9.17) is 22.1 Å². The molecule has 0 atom stereocenters. The van der Waals surface area contributed by atoms with Crippen molar-refractivity contribution in [3.05, 3.63) is 58.6 Å². The number of nitrogen functional groups attached to an aromatic ring is 1. The second-order valence-corrected chi connectivity index (χ2v) is 5.67. The van der Waals surface area contributed by atoms with Crippen LogP contribution in [0.2, 0.25) is 5.02 Å². The molecule has 1 amide bonds. The fourth-order valence-corrected chi connectivity index (χ4v) is 2.29. The third-order valence-electron chi connectivity index (χ3n) is 3.33. The van der Waals surface area contributed by atoms with E-state index in [1.165, 1.54) is 0 Å². The highest BCUT2D eigenvalue weighted by Crippen LogP contribution is 2.23. The molecule has 0 fully saturated rings. The van der Waals surface area contributed by atoms with E-state index in [1.54, 1.807) is 18.2 Å². The number of rotatable bonds is 7. The molecule has 0 aliphatic rings. The number of anilines is 1. The summed E-state index contributed by atoms with van der Waals surface area (Å²) in [6.07, 6.45) is 1.61. The number of hydrogen-bond acceptors (Lipinski definition) is 3. The Labute approximate surface area is 153 Å². The molecule has 0 aliphatic heterocycles. The molecule has 0 bridgehead atoms. The predicted molar refractivity (Wildman–Crippen MR) is 101 cm³/mol. The minimum absolute atomic E-state index is 0. The van der Waals surface area contributed by atoms with Crippen molar-refractivity contribution in [3.63, 3.8) is 0 Å². The van der Waals surface area contributed by atoms with Crippen LogP contribution in [-0.4, -0.2) is 19.1 Å². The lowest BCUT2D eigenvalue weighted by Gasteiger charge is -2.12. The van der Waals surface area contributed by atoms with Crippen LogP contribution in [-0.2, 0) is 6.42 Å². The fourth-order valence-electron chi connectivity index (χ4n) is 2.12. The summed E-state index contributed by atoms with van der Waals surface area (Å²) in [7, 11) is 0. The van der Waals surface area contributed by atoms with Crippen LogP contribution < -0.4 is 15.8 Å². The van der Waals surface area contributed by atoms with Gasteiger partial charge in [-0.05, 0) is 48.7 Å². The molecule has 130 valence electrons. The molecule has 24 heavy (non-hydrogen) atoms. The zero-order valence-electron chi connectivity index (χ0n) is 13.5. The van der Waals surface area contributed by atoms with Crippen molar-refractivity contribution in [2.24, 2.45) is 0 Å². The van der Waals surface area contributed by atoms with Crippen molar-refractivity contribution < 1.29 is 9.53 Å². The smallest absolute Gasteiger partial charge is 0.255 e. The molecule has 0 spiro atoms. The zero-order valence-corrected chi connectivity index (χ0v) is 15.1. The van der Waals surface area contributed by atoms with Crippen molar-refractivity contribution in [3.8, 4) is 5.75 Å². The van der Waals surface area contributed by atoms with E-state index in [2.05, 4.69) is 5.32 Å². The van der Waals surface area contributed by atoms with E-state index in [9.17, 15) is 4.79 Å². The second-order valence-electron chi connectivity index (χ2n) is 5.24. The summed E-state index contributed by atoms with van der Waals surface area (Å²) < 4.78 is 5.61. The normalized spacial score (nSPS) is 9.92. The molecular weight excluding hydrogens is 347 g/mol. The number of nitrogens with one attached hydrogen (secondary N) is 1. The van der Waals surface area contributed by atoms with Crippen molar-refractivity contribution in [1.29, 1.82) is 0 Å². The SMILES string of the molecule is CCCOc1ccc(Cl)cc1C(=O)NCCc1ccc(N)cc1.Cl. The maximum absolute atomic E-state index is 12.4. The molecule has 0 saturated heterocycles. The minimum Gasteiger partial charge on any atom is -0.493 e. The van der Waals surface area contributed by atoms with Crippen LogP contribution >= 0.6 is 24.0 Å². The Morgan fingerprint density at radius 1 is 1.21 bits per heavy atom. The second kappa shape index (κ2) is 10.1. The lowest BCUT2D eigenvalue weighted by atomic mass is 10.1. The zero-order chi connectivity index (χ0) is 16.7. The Balaban J connectivity index is 0.00000288. The number of carbonyl (C=O) groups is 1. The van der Waals surface area contributed by atoms with Gasteiger partial charge in [0.15, 0.2) is 0 Å². The summed E-state index contributed by atoms with van der Waals surface area (Å²) in [5.41, 5.74) is 7.97. The first-order valence-electron chi connectivity index (χ1n) is 7.65. The average molecular weight is 369 g/mol. The van der Waals surface area contributed by atoms with Gasteiger partial charge in [0.25, 0.3) is 5.91 Å². The number of carbonyl (C=O) groups excluding carboxylic acids is 1. The van der Waals surface area contributed by atoms with Gasteiger partial charge in [0.1, 0.15) is 5.75 Å². The third kappa shape index (κ3) is 5.95. The Kier molecular flexibility index (Phi) is 8.44. The Morgan fingerprint density at radius 2 is 1.92 bits per heavy atom. The van der Waals surface area contributed by atoms with E-state index in [1.807, 2.05) is 31.2 Å². The Bertz CT molecular complexity index is 661. The first kappa shape index (κ1) is 20.1. The molecule has 0 saturated carbocycles. The van der Waals surface area contributed by atoms with Crippen LogP contribution in [0.1, 0.15) is 29.3 Å². The number of benzene rings is 2. The predicted octanol–water partition coefficient (Wildman–Crippen LogP) is 4.11. The molecule has 2 aromatic rings. The van der Waals surface area contributed by atoms with Gasteiger partial charge in [0, 0.05) is 17.3 Å². The van der Waals surface area contributed by atoms with Gasteiger partial charge in [-0.1, -0.05) is 30.7 Å². The standard InChI is InChI=1S/C18H21ClN2O2.ClH/c1-2-11-23-17-8-5-14(19)12-16(17)18(22)21-10-9-13-3-6-15(20)7-4-13;/h3-8,12H,2,9-11,20H2,1H3,(H,21,22);1H. The van der Waals surface area contributed by atoms with Crippen molar-refractivity contribution in [2.45, 2.75) is 19.8 Å². The number of nitrogens with two attached hydrogens (primary N) is 1. The van der Waals surface area contributed by atoms with Crippen molar-refractivity contribution in [2.75, 3.05) is 18.9 Å². The van der Waals surface area contributed by atoms with Crippen LogP contribution in [0.25, 0.3) is 0 Å². The molecule has 0 unspecified atom stereocenters. The van der Waals surface area contributed by atoms with Gasteiger partial charge in [-0.15, -0.1) is 12.4 Å². The van der Waals surface area contributed by atoms with Crippen LogP contribution in [0.5, 0.6) is 5.75 Å². The number of halogens is 2. The summed E-state index contributed by atoms with van der Waals surface area (Å²) in [6, 6.07) is 12.7. The van der Waals surface area contributed by atoms with E-state index in [0.29, 0.717) is 29.5 Å². The lowest BCUT2D eigenvalue weighted by Crippen LogP contribution is -2.26. The van der Waals surface area contributed by atoms with Gasteiger partial charge >= 0.3 is 0 Å². The van der Waals surface area contributed by atoms with E-state index in [-0.39, 0.29) is 18.3 Å². The molecule has 0 aliphatic carbocycles. The minimum atomic E-state index is -0.186. The highest BCUT2D eigenvalue weighted by atomic mass is 35.5.